The van der Waals surface area contributed by atoms with Crippen LogP contribution in [0, 0.1) is 0 Å². The third kappa shape index (κ3) is 5.45. The highest BCUT2D eigenvalue weighted by Gasteiger charge is 2.16. The lowest BCUT2D eigenvalue weighted by atomic mass is 10.0. The van der Waals surface area contributed by atoms with E-state index in [1.807, 2.05) is 38.1 Å². The van der Waals surface area contributed by atoms with Crippen LogP contribution in [0.4, 0.5) is 5.69 Å². The van der Waals surface area contributed by atoms with E-state index in [0.717, 1.165) is 23.4 Å². The molecule has 3 aromatic rings. The third-order valence-corrected chi connectivity index (χ3v) is 6.38. The van der Waals surface area contributed by atoms with Crippen LogP contribution in [0.2, 0.25) is 0 Å². The molecule has 1 heterocycles. The van der Waals surface area contributed by atoms with Crippen LogP contribution in [0.15, 0.2) is 70.2 Å². The molecule has 0 atom stereocenters. The van der Waals surface area contributed by atoms with E-state index in [0.29, 0.717) is 16.3 Å². The lowest BCUT2D eigenvalue weighted by Gasteiger charge is -2.09. The maximum atomic E-state index is 11.9. The van der Waals surface area contributed by atoms with Crippen LogP contribution in [0.5, 0.6) is 0 Å². The molecule has 1 aromatic heterocycles. The first-order valence-corrected chi connectivity index (χ1v) is 12.3. The summed E-state index contributed by atoms with van der Waals surface area (Å²) < 4.78 is 28.1. The van der Waals surface area contributed by atoms with E-state index in [1.165, 1.54) is 18.2 Å². The van der Waals surface area contributed by atoms with Crippen molar-refractivity contribution in [2.75, 3.05) is 6.26 Å². The monoisotopic (exact) mass is 470 g/mol. The summed E-state index contributed by atoms with van der Waals surface area (Å²) in [4.78, 5) is 20.6. The molecule has 0 radical (unpaired) electrons. The summed E-state index contributed by atoms with van der Waals surface area (Å²) in [5.74, 6) is -0.904. The molecule has 0 amide bonds. The van der Waals surface area contributed by atoms with Gasteiger partial charge in [-0.05, 0) is 47.3 Å². The molecule has 3 rings (SSSR count). The topological polar surface area (TPSA) is 136 Å². The molecular formula is C22H22N4O4S2. The summed E-state index contributed by atoms with van der Waals surface area (Å²) in [6, 6.07) is 13.9. The summed E-state index contributed by atoms with van der Waals surface area (Å²) in [5.41, 5.74) is 7.65. The highest BCUT2D eigenvalue weighted by molar-refractivity contribution is 7.90. The molecule has 0 aliphatic carbocycles. The van der Waals surface area contributed by atoms with Crippen molar-refractivity contribution in [2.24, 2.45) is 10.7 Å². The zero-order valence-electron chi connectivity index (χ0n) is 17.7. The quantitative estimate of drug-likeness (QED) is 0.396. The van der Waals surface area contributed by atoms with Gasteiger partial charge in [0.05, 0.1) is 10.6 Å². The van der Waals surface area contributed by atoms with Gasteiger partial charge in [-0.25, -0.2) is 23.2 Å². The number of carboxylic acids is 1. The van der Waals surface area contributed by atoms with Crippen LogP contribution in [-0.2, 0) is 14.6 Å². The highest BCUT2D eigenvalue weighted by atomic mass is 32.2. The van der Waals surface area contributed by atoms with E-state index < -0.39 is 21.5 Å². The van der Waals surface area contributed by atoms with Crippen molar-refractivity contribution in [3.63, 3.8) is 0 Å². The molecule has 10 heteroatoms. The number of hydrogen-bond donors (Lipinski definition) is 2. The van der Waals surface area contributed by atoms with Crippen LogP contribution >= 0.6 is 11.5 Å². The van der Waals surface area contributed by atoms with E-state index in [4.69, 9.17) is 5.73 Å². The van der Waals surface area contributed by atoms with Crippen molar-refractivity contribution in [3.8, 4) is 10.6 Å². The normalized spacial score (nSPS) is 12.9. The number of aliphatic carboxylic acids is 1. The van der Waals surface area contributed by atoms with E-state index in [2.05, 4.69) is 14.3 Å². The van der Waals surface area contributed by atoms with Gasteiger partial charge in [-0.3, -0.25) is 0 Å². The number of benzene rings is 2. The molecule has 3 N–H and O–H groups in total. The van der Waals surface area contributed by atoms with Gasteiger partial charge in [0.1, 0.15) is 16.4 Å². The number of para-hydroxylation sites is 1. The zero-order valence-corrected chi connectivity index (χ0v) is 19.3. The molecular weight excluding hydrogens is 448 g/mol. The van der Waals surface area contributed by atoms with Gasteiger partial charge in [0, 0.05) is 11.8 Å². The molecule has 0 aliphatic heterocycles. The summed E-state index contributed by atoms with van der Waals surface area (Å²) in [6.45, 7) is 4.06. The number of allylic oxidation sites excluding steroid dienone is 1. The van der Waals surface area contributed by atoms with Gasteiger partial charge >= 0.3 is 5.97 Å². The van der Waals surface area contributed by atoms with Gasteiger partial charge in [-0.15, -0.1) is 0 Å². The predicted molar refractivity (Wildman–Crippen MR) is 125 cm³/mol. The first-order chi connectivity index (χ1) is 15.1. The predicted octanol–water partition coefficient (Wildman–Crippen LogP) is 3.78. The molecule has 0 saturated heterocycles. The number of carboxylic acid groups (broad SMARTS) is 1. The Labute approximate surface area is 190 Å². The first-order valence-electron chi connectivity index (χ1n) is 9.59. The minimum absolute atomic E-state index is 0.168. The number of aliphatic imine (C=N–C) groups is 1. The molecule has 0 fully saturated rings. The molecule has 32 heavy (non-hydrogen) atoms. The SMILES string of the molecule is CC(C)c1ccccc1N=C(C=C(N)C(=O)O)c1nsc(-c2cccc(S(C)(=O)=O)c2)n1. The summed E-state index contributed by atoms with van der Waals surface area (Å²) >= 11 is 1.05. The molecule has 0 unspecified atom stereocenters. The van der Waals surface area contributed by atoms with Gasteiger partial charge in [0.15, 0.2) is 15.7 Å². The summed E-state index contributed by atoms with van der Waals surface area (Å²) in [5, 5.41) is 9.70. The van der Waals surface area contributed by atoms with Crippen molar-refractivity contribution < 1.29 is 18.3 Å². The zero-order chi connectivity index (χ0) is 23.5. The van der Waals surface area contributed by atoms with Crippen LogP contribution < -0.4 is 5.73 Å². The van der Waals surface area contributed by atoms with E-state index in [1.54, 1.807) is 12.1 Å². The number of sulfone groups is 1. The van der Waals surface area contributed by atoms with Crippen LogP contribution in [-0.4, -0.2) is 40.8 Å². The first kappa shape index (κ1) is 23.3. The molecule has 2 aromatic carbocycles. The maximum absolute atomic E-state index is 11.9. The number of carbonyl (C=O) groups is 1. The van der Waals surface area contributed by atoms with Crippen molar-refractivity contribution >= 4 is 38.7 Å². The third-order valence-electron chi connectivity index (χ3n) is 4.50. The van der Waals surface area contributed by atoms with E-state index >= 15 is 0 Å². The van der Waals surface area contributed by atoms with Gasteiger partial charge in [0.2, 0.25) is 0 Å². The van der Waals surface area contributed by atoms with Gasteiger partial charge in [-0.1, -0.05) is 44.2 Å². The Morgan fingerprint density at radius 1 is 1.19 bits per heavy atom. The Kier molecular flexibility index (Phi) is 6.85. The summed E-state index contributed by atoms with van der Waals surface area (Å²) in [7, 11) is -3.38. The van der Waals surface area contributed by atoms with Crippen molar-refractivity contribution in [2.45, 2.75) is 24.7 Å². The fourth-order valence-electron chi connectivity index (χ4n) is 2.87. The average Bonchev–Trinajstić information content (AvgIpc) is 3.23. The number of nitrogens with two attached hydrogens (primary N) is 1. The highest BCUT2D eigenvalue weighted by Crippen LogP contribution is 2.28. The number of rotatable bonds is 7. The van der Waals surface area contributed by atoms with E-state index in [9.17, 15) is 18.3 Å². The summed E-state index contributed by atoms with van der Waals surface area (Å²) in [6.07, 6.45) is 2.35. The average molecular weight is 471 g/mol. The van der Waals surface area contributed by atoms with Crippen molar-refractivity contribution in [3.05, 3.63) is 71.7 Å². The second-order valence-electron chi connectivity index (χ2n) is 7.34. The van der Waals surface area contributed by atoms with Gasteiger partial charge in [-0.2, -0.15) is 4.37 Å². The van der Waals surface area contributed by atoms with Crippen LogP contribution in [0.1, 0.15) is 31.2 Å². The van der Waals surface area contributed by atoms with E-state index in [-0.39, 0.29) is 22.3 Å². The number of aromatic nitrogens is 2. The molecule has 8 nitrogen and oxygen atoms in total. The lowest BCUT2D eigenvalue weighted by molar-refractivity contribution is -0.132. The second-order valence-corrected chi connectivity index (χ2v) is 10.1. The Bertz CT molecular complexity index is 1320. The minimum atomic E-state index is -3.38. The Hall–Kier alpha value is -3.37. The lowest BCUT2D eigenvalue weighted by Crippen LogP contribution is -2.13. The largest absolute Gasteiger partial charge is 0.477 e. The minimum Gasteiger partial charge on any atom is -0.477 e. The molecule has 0 bridgehead atoms. The molecule has 0 aliphatic rings. The fourth-order valence-corrected chi connectivity index (χ4v) is 4.20. The van der Waals surface area contributed by atoms with Crippen LogP contribution in [0.3, 0.4) is 0 Å². The second kappa shape index (κ2) is 9.41. The fraction of sp³-hybridized carbons (Fsp3) is 0.182. The van der Waals surface area contributed by atoms with Crippen molar-refractivity contribution in [1.29, 1.82) is 0 Å². The number of nitrogens with zero attached hydrogens (tertiary/aromatic N) is 3. The molecule has 0 saturated carbocycles. The van der Waals surface area contributed by atoms with Gasteiger partial charge in [0.25, 0.3) is 0 Å². The maximum Gasteiger partial charge on any atom is 0.351 e. The molecule has 166 valence electrons. The Balaban J connectivity index is 2.12. The Morgan fingerprint density at radius 2 is 1.91 bits per heavy atom. The molecule has 0 spiro atoms. The number of hydrogen-bond acceptors (Lipinski definition) is 8. The Morgan fingerprint density at radius 3 is 2.56 bits per heavy atom. The van der Waals surface area contributed by atoms with Crippen LogP contribution in [0.25, 0.3) is 10.6 Å². The standard InChI is InChI=1S/C22H22N4O4S2/c1-13(2)16-9-4-5-10-18(16)24-19(12-17(23)22(27)28)20-25-21(31-26-20)14-7-6-8-15(11-14)32(3,29)30/h4-13H,23H2,1-3H3,(H,27,28). The van der Waals surface area contributed by atoms with Crippen molar-refractivity contribution in [1.82, 2.24) is 9.36 Å². The smallest absolute Gasteiger partial charge is 0.351 e. The van der Waals surface area contributed by atoms with Gasteiger partial charge < -0.3 is 10.8 Å².